The fourth-order valence-electron chi connectivity index (χ4n) is 2.46. The average Bonchev–Trinajstić information content (AvgIpc) is 2.84. The van der Waals surface area contributed by atoms with Gasteiger partial charge in [0.2, 0.25) is 5.28 Å². The standard InChI is InChI=1S/C12H12ClN3O5/c13-10-14-5-7(6-15-10)8(17)4-12(9(18)19)2-1-3-16(12)11(20)21/h5-6H,1-4H2,(H,18,19)(H,20,21). The van der Waals surface area contributed by atoms with Gasteiger partial charge in [-0.2, -0.15) is 0 Å². The highest BCUT2D eigenvalue weighted by Crippen LogP contribution is 2.34. The monoisotopic (exact) mass is 313 g/mol. The maximum absolute atomic E-state index is 12.2. The fourth-order valence-corrected chi connectivity index (χ4v) is 2.56. The van der Waals surface area contributed by atoms with Gasteiger partial charge in [0.25, 0.3) is 0 Å². The molecule has 2 N–H and O–H groups in total. The maximum atomic E-state index is 12.2. The topological polar surface area (TPSA) is 121 Å². The van der Waals surface area contributed by atoms with E-state index in [1.807, 2.05) is 0 Å². The van der Waals surface area contributed by atoms with E-state index >= 15 is 0 Å². The molecule has 1 aliphatic heterocycles. The second-order valence-corrected chi connectivity index (χ2v) is 5.05. The van der Waals surface area contributed by atoms with Gasteiger partial charge in [0, 0.05) is 25.4 Å². The Kier molecular flexibility index (Phi) is 4.08. The number of halogens is 1. The number of hydrogen-bond acceptors (Lipinski definition) is 5. The van der Waals surface area contributed by atoms with Crippen LogP contribution in [-0.2, 0) is 4.79 Å². The van der Waals surface area contributed by atoms with Gasteiger partial charge >= 0.3 is 12.1 Å². The zero-order valence-electron chi connectivity index (χ0n) is 10.8. The van der Waals surface area contributed by atoms with E-state index in [1.54, 1.807) is 0 Å². The minimum Gasteiger partial charge on any atom is -0.479 e. The Morgan fingerprint density at radius 3 is 2.43 bits per heavy atom. The lowest BCUT2D eigenvalue weighted by Crippen LogP contribution is -2.53. The van der Waals surface area contributed by atoms with Crippen molar-refractivity contribution >= 4 is 29.4 Å². The lowest BCUT2D eigenvalue weighted by molar-refractivity contribution is -0.148. The molecule has 2 heterocycles. The van der Waals surface area contributed by atoms with Gasteiger partial charge in [-0.3, -0.25) is 9.69 Å². The van der Waals surface area contributed by atoms with E-state index in [0.29, 0.717) is 6.42 Å². The van der Waals surface area contributed by atoms with Crippen molar-refractivity contribution in [1.29, 1.82) is 0 Å². The third kappa shape index (κ3) is 2.80. The second kappa shape index (κ2) is 5.65. The number of hydrogen-bond donors (Lipinski definition) is 2. The molecule has 0 radical (unpaired) electrons. The summed E-state index contributed by atoms with van der Waals surface area (Å²) in [4.78, 5) is 43.0. The number of likely N-dealkylation sites (tertiary alicyclic amines) is 1. The summed E-state index contributed by atoms with van der Waals surface area (Å²) in [5, 5.41) is 18.5. The minimum absolute atomic E-state index is 0.0347. The molecule has 1 aliphatic rings. The Balaban J connectivity index is 2.28. The molecule has 0 aliphatic carbocycles. The van der Waals surface area contributed by atoms with Crippen LogP contribution in [0.5, 0.6) is 0 Å². The normalized spacial score (nSPS) is 21.3. The van der Waals surface area contributed by atoms with Crippen LogP contribution in [0.3, 0.4) is 0 Å². The summed E-state index contributed by atoms with van der Waals surface area (Å²) in [6.07, 6.45) is 1.05. The molecule has 112 valence electrons. The quantitative estimate of drug-likeness (QED) is 0.634. The molecule has 9 heteroatoms. The van der Waals surface area contributed by atoms with Gasteiger partial charge in [0.15, 0.2) is 11.3 Å². The van der Waals surface area contributed by atoms with Crippen LogP contribution in [-0.4, -0.2) is 55.0 Å². The zero-order chi connectivity index (χ0) is 15.6. The first-order chi connectivity index (χ1) is 9.86. The van der Waals surface area contributed by atoms with Crippen LogP contribution >= 0.6 is 11.6 Å². The molecule has 0 bridgehead atoms. The van der Waals surface area contributed by atoms with Crippen LogP contribution in [0.4, 0.5) is 4.79 Å². The number of aliphatic carboxylic acids is 1. The van der Waals surface area contributed by atoms with E-state index < -0.39 is 29.8 Å². The van der Waals surface area contributed by atoms with Crippen molar-refractivity contribution in [3.05, 3.63) is 23.2 Å². The first kappa shape index (κ1) is 15.2. The van der Waals surface area contributed by atoms with E-state index in [9.17, 15) is 19.5 Å². The number of carboxylic acids is 1. The maximum Gasteiger partial charge on any atom is 0.408 e. The van der Waals surface area contributed by atoms with E-state index in [1.165, 1.54) is 12.4 Å². The summed E-state index contributed by atoms with van der Waals surface area (Å²) < 4.78 is 0. The summed E-state index contributed by atoms with van der Waals surface area (Å²) >= 11 is 5.52. The summed E-state index contributed by atoms with van der Waals surface area (Å²) in [7, 11) is 0. The van der Waals surface area contributed by atoms with Gasteiger partial charge in [-0.05, 0) is 24.4 Å². The molecule has 1 amide bonds. The Morgan fingerprint density at radius 2 is 1.90 bits per heavy atom. The van der Waals surface area contributed by atoms with Gasteiger partial charge in [0.05, 0.1) is 5.56 Å². The van der Waals surface area contributed by atoms with Gasteiger partial charge < -0.3 is 10.2 Å². The molecule has 2 rings (SSSR count). The molecular formula is C12H12ClN3O5. The summed E-state index contributed by atoms with van der Waals surface area (Å²) in [6, 6.07) is 0. The van der Waals surface area contributed by atoms with Crippen LogP contribution in [0, 0.1) is 0 Å². The second-order valence-electron chi connectivity index (χ2n) is 4.72. The van der Waals surface area contributed by atoms with E-state index in [2.05, 4.69) is 9.97 Å². The number of carbonyl (C=O) groups is 3. The third-order valence-corrected chi connectivity index (χ3v) is 3.71. The van der Waals surface area contributed by atoms with Crippen molar-refractivity contribution in [2.45, 2.75) is 24.8 Å². The van der Waals surface area contributed by atoms with Crippen molar-refractivity contribution in [2.24, 2.45) is 0 Å². The summed E-state index contributed by atoms with van der Waals surface area (Å²) in [6.45, 7) is 0.0893. The van der Waals surface area contributed by atoms with Crippen LogP contribution in [0.25, 0.3) is 0 Å². The molecule has 1 aromatic rings. The van der Waals surface area contributed by atoms with Gasteiger partial charge in [-0.15, -0.1) is 0 Å². The fraction of sp³-hybridized carbons (Fsp3) is 0.417. The number of carboxylic acid groups (broad SMARTS) is 2. The SMILES string of the molecule is O=C(CC1(C(=O)O)CCCN1C(=O)O)c1cnc(Cl)nc1. The Bertz CT molecular complexity index is 591. The molecule has 1 unspecified atom stereocenters. The lowest BCUT2D eigenvalue weighted by Gasteiger charge is -2.32. The van der Waals surface area contributed by atoms with Crippen molar-refractivity contribution in [2.75, 3.05) is 6.54 Å². The predicted molar refractivity (Wildman–Crippen MR) is 70.3 cm³/mol. The number of Topliss-reactive ketones (excluding diaryl/α,β-unsaturated/α-hetero) is 1. The highest BCUT2D eigenvalue weighted by Gasteiger charge is 2.51. The molecule has 1 aromatic heterocycles. The molecule has 8 nitrogen and oxygen atoms in total. The van der Waals surface area contributed by atoms with Crippen molar-refractivity contribution in [3.63, 3.8) is 0 Å². The average molecular weight is 314 g/mol. The van der Waals surface area contributed by atoms with Crippen LogP contribution in [0.2, 0.25) is 5.28 Å². The van der Waals surface area contributed by atoms with E-state index in [4.69, 9.17) is 16.7 Å². The lowest BCUT2D eigenvalue weighted by atomic mass is 9.88. The Labute approximate surface area is 124 Å². The minimum atomic E-state index is -1.73. The van der Waals surface area contributed by atoms with Crippen LogP contribution in [0.15, 0.2) is 12.4 Å². The molecular weight excluding hydrogens is 302 g/mol. The first-order valence-corrected chi connectivity index (χ1v) is 6.49. The summed E-state index contributed by atoms with van der Waals surface area (Å²) in [5.41, 5.74) is -1.64. The molecule has 21 heavy (non-hydrogen) atoms. The zero-order valence-corrected chi connectivity index (χ0v) is 11.6. The third-order valence-electron chi connectivity index (χ3n) is 3.51. The number of nitrogens with zero attached hydrogens (tertiary/aromatic N) is 3. The highest BCUT2D eigenvalue weighted by molar-refractivity contribution is 6.28. The number of amides is 1. The largest absolute Gasteiger partial charge is 0.479 e. The highest BCUT2D eigenvalue weighted by atomic mass is 35.5. The van der Waals surface area contributed by atoms with E-state index in [0.717, 1.165) is 4.90 Å². The molecule has 0 spiro atoms. The number of aromatic nitrogens is 2. The van der Waals surface area contributed by atoms with Gasteiger partial charge in [-0.1, -0.05) is 0 Å². The summed E-state index contributed by atoms with van der Waals surface area (Å²) in [5.74, 6) is -1.87. The van der Waals surface area contributed by atoms with Crippen LogP contribution < -0.4 is 0 Å². The molecule has 1 atom stereocenters. The first-order valence-electron chi connectivity index (χ1n) is 6.11. The van der Waals surface area contributed by atoms with Crippen LogP contribution in [0.1, 0.15) is 29.6 Å². The van der Waals surface area contributed by atoms with Gasteiger partial charge in [-0.25, -0.2) is 19.6 Å². The van der Waals surface area contributed by atoms with Crippen molar-refractivity contribution < 1.29 is 24.6 Å². The number of carbonyl (C=O) groups excluding carboxylic acids is 1. The molecule has 0 aromatic carbocycles. The molecule has 1 fully saturated rings. The van der Waals surface area contributed by atoms with Crippen molar-refractivity contribution in [3.8, 4) is 0 Å². The van der Waals surface area contributed by atoms with Gasteiger partial charge in [0.1, 0.15) is 0 Å². The molecule has 1 saturated heterocycles. The van der Waals surface area contributed by atoms with Crippen molar-refractivity contribution in [1.82, 2.24) is 14.9 Å². The number of ketones is 1. The predicted octanol–water partition coefficient (Wildman–Crippen LogP) is 1.30. The number of rotatable bonds is 4. The Hall–Kier alpha value is -2.22. The van der Waals surface area contributed by atoms with E-state index in [-0.39, 0.29) is 23.8 Å². The molecule has 0 saturated carbocycles. The Morgan fingerprint density at radius 1 is 1.29 bits per heavy atom. The smallest absolute Gasteiger partial charge is 0.408 e.